The molecule has 3 aliphatic rings. The Labute approximate surface area is 186 Å². The number of nitrogens with zero attached hydrogens (tertiary/aromatic N) is 4. The number of rotatable bonds is 4. The molecule has 0 aliphatic carbocycles. The van der Waals surface area contributed by atoms with Crippen molar-refractivity contribution in [2.45, 2.75) is 37.8 Å². The second-order valence-electron chi connectivity index (χ2n) is 8.41. The van der Waals surface area contributed by atoms with Gasteiger partial charge in [-0.05, 0) is 38.8 Å². The van der Waals surface area contributed by atoms with Gasteiger partial charge in [0.2, 0.25) is 17.7 Å². The SMILES string of the molecule is O=C1NCCCC1NC(=O)C1CN(C(=O)c2cnccn2)CCN1C(=O)C1CCNCC1. The van der Waals surface area contributed by atoms with Crippen LogP contribution in [0.3, 0.4) is 0 Å². The first-order valence-corrected chi connectivity index (χ1v) is 11.2. The zero-order valence-corrected chi connectivity index (χ0v) is 18.0. The third-order valence-corrected chi connectivity index (χ3v) is 6.33. The molecule has 172 valence electrons. The predicted molar refractivity (Wildman–Crippen MR) is 113 cm³/mol. The number of piperazine rings is 1. The molecule has 11 heteroatoms. The van der Waals surface area contributed by atoms with Gasteiger partial charge in [-0.1, -0.05) is 0 Å². The summed E-state index contributed by atoms with van der Waals surface area (Å²) in [4.78, 5) is 62.7. The van der Waals surface area contributed by atoms with Crippen LogP contribution in [0.25, 0.3) is 0 Å². The van der Waals surface area contributed by atoms with Crippen molar-refractivity contribution in [2.75, 3.05) is 39.3 Å². The van der Waals surface area contributed by atoms with E-state index in [1.807, 2.05) is 0 Å². The fraction of sp³-hybridized carbons (Fsp3) is 0.619. The Morgan fingerprint density at radius 1 is 1.06 bits per heavy atom. The molecule has 0 radical (unpaired) electrons. The summed E-state index contributed by atoms with van der Waals surface area (Å²) in [5.41, 5.74) is 0.191. The molecule has 3 aliphatic heterocycles. The van der Waals surface area contributed by atoms with Gasteiger partial charge in [0.25, 0.3) is 5.91 Å². The van der Waals surface area contributed by atoms with Crippen molar-refractivity contribution in [2.24, 2.45) is 5.92 Å². The number of carbonyl (C=O) groups is 4. The van der Waals surface area contributed by atoms with Crippen LogP contribution in [0.5, 0.6) is 0 Å². The van der Waals surface area contributed by atoms with Gasteiger partial charge >= 0.3 is 0 Å². The van der Waals surface area contributed by atoms with Crippen molar-refractivity contribution < 1.29 is 19.2 Å². The van der Waals surface area contributed by atoms with Gasteiger partial charge in [0.05, 0.1) is 12.7 Å². The Morgan fingerprint density at radius 3 is 2.59 bits per heavy atom. The number of carbonyl (C=O) groups excluding carboxylic acids is 4. The van der Waals surface area contributed by atoms with Crippen LogP contribution in [-0.4, -0.2) is 94.7 Å². The zero-order chi connectivity index (χ0) is 22.5. The number of aromatic nitrogens is 2. The first kappa shape index (κ1) is 22.1. The van der Waals surface area contributed by atoms with E-state index in [1.54, 1.807) is 4.90 Å². The molecule has 1 aromatic heterocycles. The van der Waals surface area contributed by atoms with Crippen molar-refractivity contribution in [1.82, 2.24) is 35.7 Å². The van der Waals surface area contributed by atoms with Crippen LogP contribution in [0.1, 0.15) is 36.2 Å². The normalized spacial score (nSPS) is 24.6. The predicted octanol–water partition coefficient (Wildman–Crippen LogP) is -1.48. The van der Waals surface area contributed by atoms with Gasteiger partial charge < -0.3 is 25.8 Å². The maximum Gasteiger partial charge on any atom is 0.274 e. The van der Waals surface area contributed by atoms with E-state index in [2.05, 4.69) is 25.9 Å². The van der Waals surface area contributed by atoms with E-state index >= 15 is 0 Å². The van der Waals surface area contributed by atoms with Gasteiger partial charge in [0.1, 0.15) is 17.8 Å². The van der Waals surface area contributed by atoms with Gasteiger partial charge in [0, 0.05) is 37.9 Å². The van der Waals surface area contributed by atoms with Crippen molar-refractivity contribution in [1.29, 1.82) is 0 Å². The summed E-state index contributed by atoms with van der Waals surface area (Å²) in [6, 6.07) is -1.49. The Hall–Kier alpha value is -3.08. The number of amides is 4. The highest BCUT2D eigenvalue weighted by molar-refractivity contribution is 5.95. The fourth-order valence-corrected chi connectivity index (χ4v) is 4.51. The average Bonchev–Trinajstić information content (AvgIpc) is 2.85. The van der Waals surface area contributed by atoms with Gasteiger partial charge in [-0.2, -0.15) is 0 Å². The highest BCUT2D eigenvalue weighted by Gasteiger charge is 2.41. The minimum Gasteiger partial charge on any atom is -0.354 e. The maximum atomic E-state index is 13.3. The van der Waals surface area contributed by atoms with Gasteiger partial charge in [-0.3, -0.25) is 24.2 Å². The van der Waals surface area contributed by atoms with Crippen LogP contribution in [-0.2, 0) is 14.4 Å². The van der Waals surface area contributed by atoms with E-state index in [0.717, 1.165) is 32.4 Å². The van der Waals surface area contributed by atoms with Gasteiger partial charge in [0.15, 0.2) is 0 Å². The van der Waals surface area contributed by atoms with Gasteiger partial charge in [-0.25, -0.2) is 4.98 Å². The highest BCUT2D eigenvalue weighted by atomic mass is 16.2. The summed E-state index contributed by atoms with van der Waals surface area (Å²) in [7, 11) is 0. The minimum absolute atomic E-state index is 0.0479. The monoisotopic (exact) mass is 443 g/mol. The van der Waals surface area contributed by atoms with Crippen LogP contribution in [0.4, 0.5) is 0 Å². The van der Waals surface area contributed by atoms with E-state index in [4.69, 9.17) is 0 Å². The second-order valence-corrected chi connectivity index (χ2v) is 8.41. The smallest absolute Gasteiger partial charge is 0.274 e. The topological polar surface area (TPSA) is 137 Å². The van der Waals surface area contributed by atoms with Crippen LogP contribution in [0, 0.1) is 5.92 Å². The van der Waals surface area contributed by atoms with Crippen molar-refractivity contribution in [3.05, 3.63) is 24.3 Å². The van der Waals surface area contributed by atoms with Crippen LogP contribution >= 0.6 is 0 Å². The molecule has 0 bridgehead atoms. The summed E-state index contributed by atoms with van der Waals surface area (Å²) >= 11 is 0. The number of hydrogen-bond donors (Lipinski definition) is 3. The molecule has 4 rings (SSSR count). The standard InChI is InChI=1S/C21H29N7O4/c29-18-15(2-1-5-25-18)26-19(30)17-13-27(21(32)16-12-23-8-9-24-16)10-11-28(17)20(31)14-3-6-22-7-4-14/h8-9,12,14-15,17,22H,1-7,10-11,13H2,(H,25,29)(H,26,30). The molecule has 3 N–H and O–H groups in total. The first-order chi connectivity index (χ1) is 15.5. The summed E-state index contributed by atoms with van der Waals surface area (Å²) in [6.07, 6.45) is 7.07. The first-order valence-electron chi connectivity index (χ1n) is 11.2. The van der Waals surface area contributed by atoms with Crippen LogP contribution in [0.2, 0.25) is 0 Å². The molecule has 2 atom stereocenters. The third kappa shape index (κ3) is 4.87. The lowest BCUT2D eigenvalue weighted by molar-refractivity contribution is -0.147. The molecule has 0 aromatic carbocycles. The largest absolute Gasteiger partial charge is 0.354 e. The Morgan fingerprint density at radius 2 is 1.88 bits per heavy atom. The molecule has 0 saturated carbocycles. The lowest BCUT2D eigenvalue weighted by Crippen LogP contribution is -2.64. The van der Waals surface area contributed by atoms with Crippen LogP contribution in [0.15, 0.2) is 18.6 Å². The second kappa shape index (κ2) is 10.0. The Balaban J connectivity index is 1.51. The van der Waals surface area contributed by atoms with E-state index in [9.17, 15) is 19.2 Å². The summed E-state index contributed by atoms with van der Waals surface area (Å²) in [5, 5.41) is 8.80. The molecular weight excluding hydrogens is 414 g/mol. The summed E-state index contributed by atoms with van der Waals surface area (Å²) in [6.45, 7) is 2.73. The average molecular weight is 444 g/mol. The maximum absolute atomic E-state index is 13.3. The minimum atomic E-state index is -0.860. The quantitative estimate of drug-likeness (QED) is 0.516. The summed E-state index contributed by atoms with van der Waals surface area (Å²) < 4.78 is 0. The Kier molecular flexibility index (Phi) is 6.93. The molecule has 0 spiro atoms. The third-order valence-electron chi connectivity index (χ3n) is 6.33. The van der Waals surface area contributed by atoms with E-state index in [0.29, 0.717) is 19.5 Å². The van der Waals surface area contributed by atoms with Crippen molar-refractivity contribution in [3.8, 4) is 0 Å². The molecule has 11 nitrogen and oxygen atoms in total. The molecule has 4 heterocycles. The number of hydrogen-bond acceptors (Lipinski definition) is 7. The number of piperidine rings is 2. The number of nitrogens with one attached hydrogen (secondary N) is 3. The van der Waals surface area contributed by atoms with Crippen molar-refractivity contribution in [3.63, 3.8) is 0 Å². The lowest BCUT2D eigenvalue weighted by Gasteiger charge is -2.42. The molecular formula is C21H29N7O4. The highest BCUT2D eigenvalue weighted by Crippen LogP contribution is 2.21. The van der Waals surface area contributed by atoms with E-state index in [-0.39, 0.29) is 42.4 Å². The molecule has 4 amide bonds. The fourth-order valence-electron chi connectivity index (χ4n) is 4.51. The van der Waals surface area contributed by atoms with Crippen molar-refractivity contribution >= 4 is 23.6 Å². The lowest BCUT2D eigenvalue weighted by atomic mass is 9.95. The molecule has 1 aromatic rings. The summed E-state index contributed by atoms with van der Waals surface area (Å²) in [5.74, 6) is -1.17. The van der Waals surface area contributed by atoms with E-state index in [1.165, 1.54) is 23.5 Å². The van der Waals surface area contributed by atoms with E-state index < -0.39 is 18.0 Å². The molecule has 3 saturated heterocycles. The van der Waals surface area contributed by atoms with Crippen LogP contribution < -0.4 is 16.0 Å². The van der Waals surface area contributed by atoms with Gasteiger partial charge in [-0.15, -0.1) is 0 Å². The zero-order valence-electron chi connectivity index (χ0n) is 18.0. The Bertz CT molecular complexity index is 859. The molecule has 32 heavy (non-hydrogen) atoms. The molecule has 3 fully saturated rings. The molecule has 2 unspecified atom stereocenters.